The van der Waals surface area contributed by atoms with Crippen LogP contribution < -0.4 is 9.47 Å². The summed E-state index contributed by atoms with van der Waals surface area (Å²) in [5.41, 5.74) is 1.49. The number of ether oxygens (including phenoxy) is 2. The van der Waals surface area contributed by atoms with Crippen molar-refractivity contribution in [3.63, 3.8) is 0 Å². The van der Waals surface area contributed by atoms with Gasteiger partial charge in [0.15, 0.2) is 5.75 Å². The van der Waals surface area contributed by atoms with E-state index < -0.39 is 5.95 Å². The quantitative estimate of drug-likeness (QED) is 0.176. The molecular formula is C31H46FNO2. The Morgan fingerprint density at radius 2 is 1.40 bits per heavy atom. The molecule has 2 aromatic rings. The van der Waals surface area contributed by atoms with Crippen molar-refractivity contribution in [1.82, 2.24) is 4.98 Å². The molecule has 0 atom stereocenters. The standard InChI is InChI=1S/C31H46FNO2/c1-3-5-7-8-9-11-23-34-28-19-17-27(18-20-28)29-21-22-30(31(32)33-29)35-24-26-15-13-25(14-16-26)12-10-6-4-2/h17-22,25-26H,3-16,23-24H2,1-2H3. The average Bonchev–Trinajstić information content (AvgIpc) is 2.89. The van der Waals surface area contributed by atoms with Crippen molar-refractivity contribution in [2.75, 3.05) is 13.2 Å². The van der Waals surface area contributed by atoms with Gasteiger partial charge in [0, 0.05) is 5.56 Å². The van der Waals surface area contributed by atoms with E-state index in [9.17, 15) is 4.39 Å². The summed E-state index contributed by atoms with van der Waals surface area (Å²) in [4.78, 5) is 4.17. The van der Waals surface area contributed by atoms with Crippen molar-refractivity contribution in [3.05, 3.63) is 42.3 Å². The van der Waals surface area contributed by atoms with Crippen LogP contribution in [-0.2, 0) is 0 Å². The second kappa shape index (κ2) is 15.8. The highest BCUT2D eigenvalue weighted by atomic mass is 19.1. The monoisotopic (exact) mass is 483 g/mol. The molecular weight excluding hydrogens is 437 g/mol. The molecule has 0 N–H and O–H groups in total. The summed E-state index contributed by atoms with van der Waals surface area (Å²) < 4.78 is 26.4. The highest BCUT2D eigenvalue weighted by Gasteiger charge is 2.22. The van der Waals surface area contributed by atoms with Crippen LogP contribution in [0.15, 0.2) is 36.4 Å². The smallest absolute Gasteiger partial charge is 0.255 e. The normalized spacial score (nSPS) is 17.9. The van der Waals surface area contributed by atoms with Crippen molar-refractivity contribution < 1.29 is 13.9 Å². The van der Waals surface area contributed by atoms with Gasteiger partial charge in [-0.25, -0.2) is 4.98 Å². The molecule has 3 rings (SSSR count). The van der Waals surface area contributed by atoms with Gasteiger partial charge in [-0.05, 0) is 67.5 Å². The van der Waals surface area contributed by atoms with E-state index in [1.807, 2.05) is 30.3 Å². The third-order valence-corrected chi connectivity index (χ3v) is 7.39. The number of hydrogen-bond donors (Lipinski definition) is 0. The van der Waals surface area contributed by atoms with Crippen molar-refractivity contribution in [3.8, 4) is 22.8 Å². The van der Waals surface area contributed by atoms with Crippen molar-refractivity contribution in [1.29, 1.82) is 0 Å². The lowest BCUT2D eigenvalue weighted by Crippen LogP contribution is -2.20. The lowest BCUT2D eigenvalue weighted by molar-refractivity contribution is 0.172. The number of pyridine rings is 1. The van der Waals surface area contributed by atoms with Crippen LogP contribution in [0.25, 0.3) is 11.3 Å². The largest absolute Gasteiger partial charge is 0.494 e. The maximum absolute atomic E-state index is 14.7. The van der Waals surface area contributed by atoms with Gasteiger partial charge in [0.05, 0.1) is 18.9 Å². The van der Waals surface area contributed by atoms with Crippen LogP contribution in [0.1, 0.15) is 104 Å². The van der Waals surface area contributed by atoms with Crippen LogP contribution >= 0.6 is 0 Å². The minimum absolute atomic E-state index is 0.262. The summed E-state index contributed by atoms with van der Waals surface area (Å²) in [6, 6.07) is 11.3. The molecule has 1 aromatic heterocycles. The first-order valence-electron chi connectivity index (χ1n) is 14.2. The first kappa shape index (κ1) is 27.5. The Morgan fingerprint density at radius 3 is 2.11 bits per heavy atom. The summed E-state index contributed by atoms with van der Waals surface area (Å²) in [5, 5.41) is 0. The van der Waals surface area contributed by atoms with Gasteiger partial charge in [-0.1, -0.05) is 84.5 Å². The number of nitrogens with zero attached hydrogens (tertiary/aromatic N) is 1. The predicted molar refractivity (Wildman–Crippen MR) is 144 cm³/mol. The lowest BCUT2D eigenvalue weighted by Gasteiger charge is -2.28. The average molecular weight is 484 g/mol. The van der Waals surface area contributed by atoms with Crippen molar-refractivity contribution >= 4 is 0 Å². The van der Waals surface area contributed by atoms with E-state index in [0.29, 0.717) is 18.2 Å². The predicted octanol–water partition coefficient (Wildman–Crippen LogP) is 9.39. The Morgan fingerprint density at radius 1 is 0.743 bits per heavy atom. The SMILES string of the molecule is CCCCCCCCOc1ccc(-c2ccc(OCC3CCC(CCCCC)CC3)c(F)n2)cc1. The molecule has 0 saturated heterocycles. The molecule has 3 nitrogen and oxygen atoms in total. The van der Waals surface area contributed by atoms with Gasteiger partial charge in [0.2, 0.25) is 0 Å². The molecule has 0 unspecified atom stereocenters. The lowest BCUT2D eigenvalue weighted by atomic mass is 9.80. The van der Waals surface area contributed by atoms with E-state index in [1.165, 1.54) is 83.5 Å². The zero-order valence-electron chi connectivity index (χ0n) is 22.1. The maximum atomic E-state index is 14.7. The third kappa shape index (κ3) is 9.82. The molecule has 0 spiro atoms. The number of rotatable bonds is 16. The highest BCUT2D eigenvalue weighted by Crippen LogP contribution is 2.33. The van der Waals surface area contributed by atoms with Gasteiger partial charge in [-0.15, -0.1) is 0 Å². The van der Waals surface area contributed by atoms with Gasteiger partial charge in [0.1, 0.15) is 5.75 Å². The van der Waals surface area contributed by atoms with Gasteiger partial charge < -0.3 is 9.47 Å². The summed E-state index contributed by atoms with van der Waals surface area (Å²) in [7, 11) is 0. The molecule has 0 amide bonds. The maximum Gasteiger partial charge on any atom is 0.255 e. The third-order valence-electron chi connectivity index (χ3n) is 7.39. The molecule has 4 heteroatoms. The van der Waals surface area contributed by atoms with Gasteiger partial charge in [-0.3, -0.25) is 0 Å². The zero-order chi connectivity index (χ0) is 24.7. The van der Waals surface area contributed by atoms with E-state index in [-0.39, 0.29) is 5.75 Å². The molecule has 0 radical (unpaired) electrons. The van der Waals surface area contributed by atoms with Crippen LogP contribution in [0, 0.1) is 17.8 Å². The molecule has 0 aliphatic heterocycles. The Bertz CT molecular complexity index is 830. The van der Waals surface area contributed by atoms with Gasteiger partial charge in [-0.2, -0.15) is 4.39 Å². The Labute approximate surface area is 212 Å². The van der Waals surface area contributed by atoms with E-state index in [1.54, 1.807) is 6.07 Å². The first-order valence-corrected chi connectivity index (χ1v) is 14.2. The number of unbranched alkanes of at least 4 members (excludes halogenated alkanes) is 7. The highest BCUT2D eigenvalue weighted by molar-refractivity contribution is 5.60. The van der Waals surface area contributed by atoms with Crippen LogP contribution in [-0.4, -0.2) is 18.2 Å². The van der Waals surface area contributed by atoms with E-state index in [4.69, 9.17) is 9.47 Å². The molecule has 1 heterocycles. The molecule has 1 aliphatic carbocycles. The fourth-order valence-corrected chi connectivity index (χ4v) is 5.06. The van der Waals surface area contributed by atoms with Crippen LogP contribution in [0.3, 0.4) is 0 Å². The molecule has 35 heavy (non-hydrogen) atoms. The minimum atomic E-state index is -0.529. The molecule has 194 valence electrons. The van der Waals surface area contributed by atoms with Gasteiger partial charge >= 0.3 is 0 Å². The summed E-state index contributed by atoms with van der Waals surface area (Å²) in [5.74, 6) is 1.99. The number of benzene rings is 1. The zero-order valence-corrected chi connectivity index (χ0v) is 22.1. The van der Waals surface area contributed by atoms with Crippen molar-refractivity contribution in [2.24, 2.45) is 11.8 Å². The summed E-state index contributed by atoms with van der Waals surface area (Å²) in [6.45, 7) is 5.83. The number of halogens is 1. The molecule has 1 saturated carbocycles. The summed E-state index contributed by atoms with van der Waals surface area (Å²) >= 11 is 0. The number of hydrogen-bond acceptors (Lipinski definition) is 3. The molecule has 1 fully saturated rings. The molecule has 1 aliphatic rings. The fourth-order valence-electron chi connectivity index (χ4n) is 5.06. The molecule has 0 bridgehead atoms. The van der Waals surface area contributed by atoms with Crippen LogP contribution in [0.4, 0.5) is 4.39 Å². The van der Waals surface area contributed by atoms with E-state index in [0.717, 1.165) is 30.3 Å². The minimum Gasteiger partial charge on any atom is -0.494 e. The van der Waals surface area contributed by atoms with E-state index in [2.05, 4.69) is 18.8 Å². The Balaban J connectivity index is 1.39. The first-order chi connectivity index (χ1) is 17.2. The Hall–Kier alpha value is -2.10. The summed E-state index contributed by atoms with van der Waals surface area (Å²) in [6.07, 6.45) is 17.8. The Kier molecular flexibility index (Phi) is 12.4. The topological polar surface area (TPSA) is 31.4 Å². The number of aromatic nitrogens is 1. The van der Waals surface area contributed by atoms with Crippen LogP contribution in [0.2, 0.25) is 0 Å². The van der Waals surface area contributed by atoms with Gasteiger partial charge in [0.25, 0.3) is 5.95 Å². The second-order valence-corrected chi connectivity index (χ2v) is 10.3. The van der Waals surface area contributed by atoms with Crippen molar-refractivity contribution in [2.45, 2.75) is 104 Å². The fraction of sp³-hybridized carbons (Fsp3) is 0.645. The second-order valence-electron chi connectivity index (χ2n) is 10.3. The molecule has 1 aromatic carbocycles. The van der Waals surface area contributed by atoms with Crippen LogP contribution in [0.5, 0.6) is 11.5 Å². The van der Waals surface area contributed by atoms with E-state index >= 15 is 0 Å².